The van der Waals surface area contributed by atoms with Crippen molar-refractivity contribution in [2.24, 2.45) is 0 Å². The van der Waals surface area contributed by atoms with Gasteiger partial charge in [0.15, 0.2) is 5.16 Å². The predicted octanol–water partition coefficient (Wildman–Crippen LogP) is 4.22. The number of halogens is 2. The van der Waals surface area contributed by atoms with Crippen molar-refractivity contribution < 1.29 is 13.6 Å². The van der Waals surface area contributed by atoms with Gasteiger partial charge >= 0.3 is 0 Å². The van der Waals surface area contributed by atoms with Gasteiger partial charge in [0.1, 0.15) is 11.6 Å². The van der Waals surface area contributed by atoms with Crippen molar-refractivity contribution in [2.75, 3.05) is 5.32 Å². The third-order valence-corrected chi connectivity index (χ3v) is 5.14. The summed E-state index contributed by atoms with van der Waals surface area (Å²) in [5.41, 5.74) is 0.828. The minimum absolute atomic E-state index is 0.107. The van der Waals surface area contributed by atoms with Crippen molar-refractivity contribution in [3.05, 3.63) is 76.6 Å². The number of aromatic amines is 1. The first-order chi connectivity index (χ1) is 13.5. The highest BCUT2D eigenvalue weighted by atomic mass is 32.2. The molecule has 1 unspecified atom stereocenters. The fourth-order valence-electron chi connectivity index (χ4n) is 2.51. The summed E-state index contributed by atoms with van der Waals surface area (Å²) in [4.78, 5) is 31.5. The molecule has 1 heterocycles. The molecule has 2 aromatic carbocycles. The smallest absolute Gasteiger partial charge is 0.252 e. The molecule has 8 heteroatoms. The molecule has 144 valence electrons. The van der Waals surface area contributed by atoms with Crippen LogP contribution in [0, 0.1) is 11.6 Å². The quantitative estimate of drug-likeness (QED) is 0.479. The molecule has 0 saturated heterocycles. The number of amides is 1. The third-order valence-electron chi connectivity index (χ3n) is 3.90. The van der Waals surface area contributed by atoms with E-state index in [9.17, 15) is 18.4 Å². The molecular weight excluding hydrogens is 384 g/mol. The van der Waals surface area contributed by atoms with Crippen molar-refractivity contribution in [1.29, 1.82) is 0 Å². The number of nitrogens with zero attached hydrogens (tertiary/aromatic N) is 1. The van der Waals surface area contributed by atoms with E-state index in [0.29, 0.717) is 18.2 Å². The van der Waals surface area contributed by atoms with E-state index in [1.165, 1.54) is 6.07 Å². The highest BCUT2D eigenvalue weighted by molar-refractivity contribution is 8.00. The molecule has 0 aliphatic rings. The number of hydrogen-bond acceptors (Lipinski definition) is 4. The number of carbonyl (C=O) groups excluding carboxylic acids is 1. The zero-order valence-electron chi connectivity index (χ0n) is 14.9. The van der Waals surface area contributed by atoms with Crippen LogP contribution in [0.5, 0.6) is 0 Å². The van der Waals surface area contributed by atoms with E-state index in [-0.39, 0.29) is 16.4 Å². The Balaban J connectivity index is 1.79. The van der Waals surface area contributed by atoms with Gasteiger partial charge in [-0.3, -0.25) is 9.59 Å². The van der Waals surface area contributed by atoms with Crippen molar-refractivity contribution in [3.63, 3.8) is 0 Å². The van der Waals surface area contributed by atoms with Crippen LogP contribution < -0.4 is 10.9 Å². The zero-order valence-corrected chi connectivity index (χ0v) is 15.7. The molecule has 0 aliphatic carbocycles. The normalized spacial score (nSPS) is 11.8. The van der Waals surface area contributed by atoms with Crippen molar-refractivity contribution in [2.45, 2.75) is 23.8 Å². The van der Waals surface area contributed by atoms with E-state index in [1.54, 1.807) is 6.92 Å². The standard InChI is InChI=1S/C20H17F2N3O2S/c1-2-17(19(27)23-15-9-8-13(21)10-14(15)22)28-20-24-16(11-18(26)25-20)12-6-4-3-5-7-12/h3-11,17H,2H2,1H3,(H,23,27)(H,24,25,26). The van der Waals surface area contributed by atoms with Gasteiger partial charge in [-0.25, -0.2) is 13.8 Å². The highest BCUT2D eigenvalue weighted by Gasteiger charge is 2.21. The second-order valence-corrected chi connectivity index (χ2v) is 7.12. The van der Waals surface area contributed by atoms with Crippen LogP contribution in [0.1, 0.15) is 13.3 Å². The van der Waals surface area contributed by atoms with E-state index in [2.05, 4.69) is 15.3 Å². The lowest BCUT2D eigenvalue weighted by atomic mass is 10.1. The lowest BCUT2D eigenvalue weighted by Gasteiger charge is -2.15. The van der Waals surface area contributed by atoms with Crippen LogP contribution in [0.4, 0.5) is 14.5 Å². The molecule has 2 N–H and O–H groups in total. The van der Waals surface area contributed by atoms with E-state index in [1.807, 2.05) is 30.3 Å². The second kappa shape index (κ2) is 8.79. The van der Waals surface area contributed by atoms with Crippen molar-refractivity contribution >= 4 is 23.4 Å². The average molecular weight is 401 g/mol. The molecule has 0 saturated carbocycles. The molecule has 3 aromatic rings. The van der Waals surface area contributed by atoms with Gasteiger partial charge in [0.25, 0.3) is 5.56 Å². The van der Waals surface area contributed by atoms with Crippen LogP contribution in [-0.4, -0.2) is 21.1 Å². The number of carbonyl (C=O) groups is 1. The van der Waals surface area contributed by atoms with Crippen LogP contribution in [0.15, 0.2) is 64.5 Å². The van der Waals surface area contributed by atoms with Crippen molar-refractivity contribution in [1.82, 2.24) is 9.97 Å². The number of anilines is 1. The molecule has 1 atom stereocenters. The van der Waals surface area contributed by atoms with Crippen molar-refractivity contribution in [3.8, 4) is 11.3 Å². The number of benzene rings is 2. The molecule has 5 nitrogen and oxygen atoms in total. The Morgan fingerprint density at radius 2 is 1.93 bits per heavy atom. The van der Waals surface area contributed by atoms with Crippen LogP contribution in [0.3, 0.4) is 0 Å². The topological polar surface area (TPSA) is 74.8 Å². The number of thioether (sulfide) groups is 1. The Hall–Kier alpha value is -3.00. The Kier molecular flexibility index (Phi) is 6.20. The maximum atomic E-state index is 13.8. The number of rotatable bonds is 6. The summed E-state index contributed by atoms with van der Waals surface area (Å²) >= 11 is 1.07. The van der Waals surface area contributed by atoms with Gasteiger partial charge in [-0.2, -0.15) is 0 Å². The number of aromatic nitrogens is 2. The van der Waals surface area contributed by atoms with E-state index in [4.69, 9.17) is 0 Å². The summed E-state index contributed by atoms with van der Waals surface area (Å²) in [6.07, 6.45) is 0.415. The van der Waals surface area contributed by atoms with E-state index >= 15 is 0 Å². The third kappa shape index (κ3) is 4.83. The number of H-pyrrole nitrogens is 1. The maximum absolute atomic E-state index is 13.8. The Morgan fingerprint density at radius 3 is 2.61 bits per heavy atom. The molecule has 0 spiro atoms. The molecule has 0 bridgehead atoms. The largest absolute Gasteiger partial charge is 0.323 e. The van der Waals surface area contributed by atoms with E-state index in [0.717, 1.165) is 29.5 Å². The molecule has 1 aromatic heterocycles. The van der Waals surface area contributed by atoms with Crippen LogP contribution in [-0.2, 0) is 4.79 Å². The summed E-state index contributed by atoms with van der Waals surface area (Å²) in [5.74, 6) is -2.05. The second-order valence-electron chi connectivity index (χ2n) is 5.93. The summed E-state index contributed by atoms with van der Waals surface area (Å²) < 4.78 is 26.8. The fraction of sp³-hybridized carbons (Fsp3) is 0.150. The summed E-state index contributed by atoms with van der Waals surface area (Å²) in [5, 5.41) is 2.11. The Bertz CT molecular complexity index is 1040. The van der Waals surface area contributed by atoms with Crippen LogP contribution in [0.25, 0.3) is 11.3 Å². The van der Waals surface area contributed by atoms with Gasteiger partial charge < -0.3 is 10.3 Å². The minimum atomic E-state index is -0.856. The SMILES string of the molecule is CCC(Sc1nc(-c2ccccc2)cc(=O)[nH]1)C(=O)Nc1ccc(F)cc1F. The van der Waals surface area contributed by atoms with Gasteiger partial charge in [0, 0.05) is 17.7 Å². The predicted molar refractivity (Wildman–Crippen MR) is 105 cm³/mol. The van der Waals surface area contributed by atoms with Gasteiger partial charge in [-0.1, -0.05) is 49.0 Å². The summed E-state index contributed by atoms with van der Waals surface area (Å²) in [7, 11) is 0. The molecule has 3 rings (SSSR count). The monoisotopic (exact) mass is 401 g/mol. The molecular formula is C20H17F2N3O2S. The first kappa shape index (κ1) is 19.8. The summed E-state index contributed by atoms with van der Waals surface area (Å²) in [6.45, 7) is 1.79. The lowest BCUT2D eigenvalue weighted by molar-refractivity contribution is -0.115. The first-order valence-corrected chi connectivity index (χ1v) is 9.43. The molecule has 0 radical (unpaired) electrons. The molecule has 0 fully saturated rings. The first-order valence-electron chi connectivity index (χ1n) is 8.55. The Morgan fingerprint density at radius 1 is 1.18 bits per heavy atom. The van der Waals surface area contributed by atoms with Crippen LogP contribution >= 0.6 is 11.8 Å². The highest BCUT2D eigenvalue weighted by Crippen LogP contribution is 2.25. The lowest BCUT2D eigenvalue weighted by Crippen LogP contribution is -2.25. The average Bonchev–Trinajstić information content (AvgIpc) is 2.68. The van der Waals surface area contributed by atoms with Gasteiger partial charge in [0.05, 0.1) is 16.6 Å². The maximum Gasteiger partial charge on any atom is 0.252 e. The Labute approximate surface area is 164 Å². The molecule has 0 aliphatic heterocycles. The number of hydrogen-bond donors (Lipinski definition) is 2. The molecule has 1 amide bonds. The van der Waals surface area contributed by atoms with Gasteiger partial charge in [-0.05, 0) is 18.6 Å². The zero-order chi connectivity index (χ0) is 20.1. The van der Waals surface area contributed by atoms with Gasteiger partial charge in [0.2, 0.25) is 5.91 Å². The van der Waals surface area contributed by atoms with Crippen LogP contribution in [0.2, 0.25) is 0 Å². The molecule has 28 heavy (non-hydrogen) atoms. The fourth-order valence-corrected chi connectivity index (χ4v) is 3.42. The number of nitrogens with one attached hydrogen (secondary N) is 2. The van der Waals surface area contributed by atoms with E-state index < -0.39 is 22.8 Å². The van der Waals surface area contributed by atoms with Gasteiger partial charge in [-0.15, -0.1) is 0 Å². The minimum Gasteiger partial charge on any atom is -0.323 e. The summed E-state index contributed by atoms with van der Waals surface area (Å²) in [6, 6.07) is 13.5.